The Labute approximate surface area is 93.8 Å². The first-order valence-electron chi connectivity index (χ1n) is 6.73. The second-order valence-corrected chi connectivity index (χ2v) is 5.16. The Morgan fingerprint density at radius 3 is 2.80 bits per heavy atom. The summed E-state index contributed by atoms with van der Waals surface area (Å²) in [6, 6.07) is 0. The van der Waals surface area contributed by atoms with Crippen LogP contribution in [0.1, 0.15) is 58.3 Å². The van der Waals surface area contributed by atoms with Gasteiger partial charge in [0.15, 0.2) is 0 Å². The van der Waals surface area contributed by atoms with Gasteiger partial charge in [0.05, 0.1) is 11.7 Å². The zero-order valence-corrected chi connectivity index (χ0v) is 10.1. The predicted molar refractivity (Wildman–Crippen MR) is 63.1 cm³/mol. The molecule has 2 heteroatoms. The fourth-order valence-electron chi connectivity index (χ4n) is 3.12. The van der Waals surface area contributed by atoms with Gasteiger partial charge < -0.3 is 10.1 Å². The van der Waals surface area contributed by atoms with Crippen LogP contribution < -0.4 is 5.32 Å². The second kappa shape index (κ2) is 5.31. The molecule has 2 fully saturated rings. The number of rotatable bonds is 5. The van der Waals surface area contributed by atoms with Crippen molar-refractivity contribution in [3.63, 3.8) is 0 Å². The maximum Gasteiger partial charge on any atom is 0.0687 e. The highest BCUT2D eigenvalue weighted by Gasteiger charge is 2.41. The maximum atomic E-state index is 6.26. The van der Waals surface area contributed by atoms with E-state index in [0.717, 1.165) is 13.1 Å². The molecule has 0 aromatic carbocycles. The Morgan fingerprint density at radius 1 is 1.27 bits per heavy atom. The van der Waals surface area contributed by atoms with Crippen LogP contribution in [0.4, 0.5) is 0 Å². The number of ether oxygens (including phenoxy) is 1. The summed E-state index contributed by atoms with van der Waals surface area (Å²) in [6.45, 7) is 4.42. The molecular formula is C13H25NO. The minimum atomic E-state index is 0.336. The quantitative estimate of drug-likeness (QED) is 0.706. The third-order valence-electron chi connectivity index (χ3n) is 3.98. The minimum Gasteiger partial charge on any atom is -0.372 e. The van der Waals surface area contributed by atoms with Crippen molar-refractivity contribution in [2.24, 2.45) is 0 Å². The predicted octanol–water partition coefficient (Wildman–Crippen LogP) is 2.87. The van der Waals surface area contributed by atoms with E-state index in [1.165, 1.54) is 51.4 Å². The van der Waals surface area contributed by atoms with Gasteiger partial charge in [0.2, 0.25) is 0 Å². The van der Waals surface area contributed by atoms with E-state index < -0.39 is 0 Å². The zero-order chi connectivity index (χ0) is 10.6. The van der Waals surface area contributed by atoms with E-state index in [1.807, 2.05) is 0 Å². The van der Waals surface area contributed by atoms with Gasteiger partial charge in [0.25, 0.3) is 0 Å². The van der Waals surface area contributed by atoms with Gasteiger partial charge in [-0.2, -0.15) is 0 Å². The lowest BCUT2D eigenvalue weighted by Gasteiger charge is -2.23. The largest absolute Gasteiger partial charge is 0.372 e. The molecule has 2 rings (SSSR count). The molecule has 1 N–H and O–H groups in total. The summed E-state index contributed by atoms with van der Waals surface area (Å²) in [6.07, 6.45) is 11.2. The molecule has 0 amide bonds. The van der Waals surface area contributed by atoms with E-state index in [1.54, 1.807) is 0 Å². The Hall–Kier alpha value is -0.0800. The number of hydrogen-bond donors (Lipinski definition) is 1. The van der Waals surface area contributed by atoms with Crippen molar-refractivity contribution in [1.82, 2.24) is 5.32 Å². The monoisotopic (exact) mass is 211 g/mol. The van der Waals surface area contributed by atoms with E-state index in [2.05, 4.69) is 12.2 Å². The van der Waals surface area contributed by atoms with Gasteiger partial charge in [-0.25, -0.2) is 0 Å². The van der Waals surface area contributed by atoms with Crippen molar-refractivity contribution in [3.05, 3.63) is 0 Å². The van der Waals surface area contributed by atoms with Gasteiger partial charge in [-0.15, -0.1) is 0 Å². The Balaban J connectivity index is 1.64. The van der Waals surface area contributed by atoms with Crippen LogP contribution in [0, 0.1) is 0 Å². The molecule has 0 aromatic rings. The Bertz CT molecular complexity index is 187. The summed E-state index contributed by atoms with van der Waals surface area (Å²) in [4.78, 5) is 0. The molecule has 1 aliphatic heterocycles. The molecule has 15 heavy (non-hydrogen) atoms. The highest BCUT2D eigenvalue weighted by Crippen LogP contribution is 2.44. The van der Waals surface area contributed by atoms with Crippen LogP contribution in [0.2, 0.25) is 0 Å². The SMILES string of the molecule is CCNCCCC1CCC2(CCCC2)O1. The molecule has 1 atom stereocenters. The van der Waals surface area contributed by atoms with Crippen molar-refractivity contribution in [3.8, 4) is 0 Å². The lowest BCUT2D eigenvalue weighted by molar-refractivity contribution is -0.0392. The van der Waals surface area contributed by atoms with Gasteiger partial charge in [-0.3, -0.25) is 0 Å². The maximum absolute atomic E-state index is 6.26. The number of hydrogen-bond acceptors (Lipinski definition) is 2. The van der Waals surface area contributed by atoms with Crippen LogP contribution in [0.15, 0.2) is 0 Å². The van der Waals surface area contributed by atoms with E-state index in [9.17, 15) is 0 Å². The molecule has 0 bridgehead atoms. The van der Waals surface area contributed by atoms with Crippen molar-refractivity contribution in [2.75, 3.05) is 13.1 Å². The Kier molecular flexibility index (Phi) is 4.04. The van der Waals surface area contributed by atoms with E-state index >= 15 is 0 Å². The third kappa shape index (κ3) is 2.94. The summed E-state index contributed by atoms with van der Waals surface area (Å²) in [5.74, 6) is 0. The molecule has 0 aromatic heterocycles. The number of nitrogens with one attached hydrogen (secondary N) is 1. The molecule has 1 spiro atoms. The summed E-state index contributed by atoms with van der Waals surface area (Å²) in [5, 5.41) is 3.38. The van der Waals surface area contributed by atoms with Crippen LogP contribution in [0.3, 0.4) is 0 Å². The topological polar surface area (TPSA) is 21.3 Å². The highest BCUT2D eigenvalue weighted by atomic mass is 16.5. The van der Waals surface area contributed by atoms with Crippen LogP contribution in [0.25, 0.3) is 0 Å². The van der Waals surface area contributed by atoms with E-state index in [4.69, 9.17) is 4.74 Å². The fourth-order valence-corrected chi connectivity index (χ4v) is 3.12. The van der Waals surface area contributed by atoms with Crippen LogP contribution in [-0.4, -0.2) is 24.8 Å². The zero-order valence-electron chi connectivity index (χ0n) is 10.1. The fraction of sp³-hybridized carbons (Fsp3) is 1.00. The normalized spacial score (nSPS) is 29.0. The smallest absolute Gasteiger partial charge is 0.0687 e. The molecule has 88 valence electrons. The summed E-state index contributed by atoms with van der Waals surface area (Å²) in [5.41, 5.74) is 0.336. The van der Waals surface area contributed by atoms with Crippen molar-refractivity contribution < 1.29 is 4.74 Å². The molecule has 2 nitrogen and oxygen atoms in total. The highest BCUT2D eigenvalue weighted by molar-refractivity contribution is 4.92. The Morgan fingerprint density at radius 2 is 2.07 bits per heavy atom. The van der Waals surface area contributed by atoms with Gasteiger partial charge in [-0.1, -0.05) is 19.8 Å². The molecule has 1 saturated heterocycles. The first-order valence-corrected chi connectivity index (χ1v) is 6.73. The van der Waals surface area contributed by atoms with Crippen LogP contribution in [-0.2, 0) is 4.74 Å². The molecule has 1 unspecified atom stereocenters. The van der Waals surface area contributed by atoms with Gasteiger partial charge in [0, 0.05) is 0 Å². The lowest BCUT2D eigenvalue weighted by Crippen LogP contribution is -2.25. The van der Waals surface area contributed by atoms with Crippen LogP contribution >= 0.6 is 0 Å². The standard InChI is InChI=1S/C13H25NO/c1-2-14-11-5-6-12-7-10-13(15-12)8-3-4-9-13/h12,14H,2-11H2,1H3. The van der Waals surface area contributed by atoms with Crippen molar-refractivity contribution in [2.45, 2.75) is 70.0 Å². The molecule has 2 aliphatic rings. The summed E-state index contributed by atoms with van der Waals surface area (Å²) >= 11 is 0. The lowest BCUT2D eigenvalue weighted by atomic mass is 9.98. The second-order valence-electron chi connectivity index (χ2n) is 5.16. The van der Waals surface area contributed by atoms with Gasteiger partial charge in [-0.05, 0) is 51.6 Å². The average Bonchev–Trinajstić information content (AvgIpc) is 2.85. The molecular weight excluding hydrogens is 186 g/mol. The molecule has 1 aliphatic carbocycles. The third-order valence-corrected chi connectivity index (χ3v) is 3.98. The first kappa shape index (κ1) is 11.4. The van der Waals surface area contributed by atoms with E-state index in [0.29, 0.717) is 11.7 Å². The summed E-state index contributed by atoms with van der Waals surface area (Å²) < 4.78 is 6.26. The van der Waals surface area contributed by atoms with Crippen LogP contribution in [0.5, 0.6) is 0 Å². The van der Waals surface area contributed by atoms with E-state index in [-0.39, 0.29) is 0 Å². The molecule has 1 heterocycles. The first-order chi connectivity index (χ1) is 7.35. The van der Waals surface area contributed by atoms with Gasteiger partial charge in [0.1, 0.15) is 0 Å². The van der Waals surface area contributed by atoms with Gasteiger partial charge >= 0.3 is 0 Å². The van der Waals surface area contributed by atoms with Crippen molar-refractivity contribution >= 4 is 0 Å². The van der Waals surface area contributed by atoms with Crippen molar-refractivity contribution in [1.29, 1.82) is 0 Å². The molecule has 0 radical (unpaired) electrons. The molecule has 1 saturated carbocycles. The summed E-state index contributed by atoms with van der Waals surface area (Å²) in [7, 11) is 0. The minimum absolute atomic E-state index is 0.336. The average molecular weight is 211 g/mol.